The van der Waals surface area contributed by atoms with Crippen LogP contribution in [0.1, 0.15) is 36.7 Å². The predicted octanol–water partition coefficient (Wildman–Crippen LogP) is 2.27. The summed E-state index contributed by atoms with van der Waals surface area (Å²) >= 11 is 0. The molecular formula is C15H23NO2. The van der Waals surface area contributed by atoms with Crippen LogP contribution < -0.4 is 0 Å². The van der Waals surface area contributed by atoms with Crippen molar-refractivity contribution >= 4 is 5.78 Å². The number of likely N-dealkylation sites (N-methyl/N-ethyl adjacent to an activating group) is 1. The van der Waals surface area contributed by atoms with Gasteiger partial charge in [-0.25, -0.2) is 0 Å². The van der Waals surface area contributed by atoms with Gasteiger partial charge in [0.25, 0.3) is 0 Å². The average molecular weight is 249 g/mol. The summed E-state index contributed by atoms with van der Waals surface area (Å²) in [7, 11) is 0. The summed E-state index contributed by atoms with van der Waals surface area (Å²) in [5.74, 6) is 0.102. The molecule has 0 saturated heterocycles. The molecule has 3 nitrogen and oxygen atoms in total. The molecular weight excluding hydrogens is 226 g/mol. The van der Waals surface area contributed by atoms with Crippen LogP contribution in [-0.2, 0) is 0 Å². The molecule has 0 aliphatic rings. The van der Waals surface area contributed by atoms with Gasteiger partial charge in [0, 0.05) is 12.1 Å². The highest BCUT2D eigenvalue weighted by Gasteiger charge is 2.19. The Morgan fingerprint density at radius 2 is 2.06 bits per heavy atom. The maximum absolute atomic E-state index is 12.1. The summed E-state index contributed by atoms with van der Waals surface area (Å²) in [6, 6.07) is 7.62. The number of aliphatic hydroxyl groups is 1. The van der Waals surface area contributed by atoms with E-state index in [9.17, 15) is 9.90 Å². The number of ketones is 1. The van der Waals surface area contributed by atoms with Gasteiger partial charge in [0.15, 0.2) is 5.78 Å². The van der Waals surface area contributed by atoms with E-state index in [0.29, 0.717) is 13.1 Å². The first kappa shape index (κ1) is 14.9. The van der Waals surface area contributed by atoms with Gasteiger partial charge in [-0.2, -0.15) is 0 Å². The first-order chi connectivity index (χ1) is 8.31. The molecule has 0 saturated carbocycles. The molecule has 18 heavy (non-hydrogen) atoms. The highest BCUT2D eigenvalue weighted by atomic mass is 16.3. The lowest BCUT2D eigenvalue weighted by Gasteiger charge is -2.27. The number of hydrogen-bond donors (Lipinski definition) is 1. The van der Waals surface area contributed by atoms with E-state index >= 15 is 0 Å². The van der Waals surface area contributed by atoms with Crippen molar-refractivity contribution in [2.75, 3.05) is 19.6 Å². The molecule has 0 bridgehead atoms. The van der Waals surface area contributed by atoms with Crippen molar-refractivity contribution in [3.8, 4) is 0 Å². The van der Waals surface area contributed by atoms with Crippen molar-refractivity contribution in [2.45, 2.75) is 33.3 Å². The Kier molecular flexibility index (Phi) is 5.05. The lowest BCUT2D eigenvalue weighted by Crippen LogP contribution is -2.41. The summed E-state index contributed by atoms with van der Waals surface area (Å²) in [6.45, 7) is 9.09. The van der Waals surface area contributed by atoms with Crippen LogP contribution in [0.25, 0.3) is 0 Å². The highest BCUT2D eigenvalue weighted by Crippen LogP contribution is 2.09. The molecule has 3 heteroatoms. The number of nitrogens with zero attached hydrogens (tertiary/aromatic N) is 1. The molecule has 1 rings (SSSR count). The van der Waals surface area contributed by atoms with Crippen molar-refractivity contribution < 1.29 is 9.90 Å². The molecule has 1 aromatic rings. The summed E-state index contributed by atoms with van der Waals surface area (Å²) in [5, 5.41) is 9.79. The molecule has 0 amide bonds. The second kappa shape index (κ2) is 6.12. The minimum atomic E-state index is -0.775. The summed E-state index contributed by atoms with van der Waals surface area (Å²) in [5.41, 5.74) is 1.05. The first-order valence-electron chi connectivity index (χ1n) is 6.36. The normalized spacial score (nSPS) is 11.9. The number of rotatable bonds is 6. The standard InChI is InChI=1S/C15H23NO2/c1-5-16(11-15(3,4)18)10-14(17)13-8-6-7-12(2)9-13/h6-9,18H,5,10-11H2,1-4H3. The Morgan fingerprint density at radius 3 is 2.56 bits per heavy atom. The van der Waals surface area contributed by atoms with Crippen LogP contribution in [0.3, 0.4) is 0 Å². The van der Waals surface area contributed by atoms with Gasteiger partial charge in [0.1, 0.15) is 0 Å². The van der Waals surface area contributed by atoms with E-state index in [4.69, 9.17) is 0 Å². The SMILES string of the molecule is CCN(CC(=O)c1cccc(C)c1)CC(C)(C)O. The minimum absolute atomic E-state index is 0.102. The molecule has 1 aromatic carbocycles. The highest BCUT2D eigenvalue weighted by molar-refractivity contribution is 5.97. The second-order valence-electron chi connectivity index (χ2n) is 5.41. The van der Waals surface area contributed by atoms with Crippen LogP contribution in [0.5, 0.6) is 0 Å². The number of aryl methyl sites for hydroxylation is 1. The number of carbonyl (C=O) groups excluding carboxylic acids is 1. The zero-order chi connectivity index (χ0) is 13.8. The Labute approximate surface area is 109 Å². The monoisotopic (exact) mass is 249 g/mol. The van der Waals surface area contributed by atoms with Gasteiger partial charge in [0.2, 0.25) is 0 Å². The average Bonchev–Trinajstić information content (AvgIpc) is 2.26. The zero-order valence-corrected chi connectivity index (χ0v) is 11.7. The Morgan fingerprint density at radius 1 is 1.39 bits per heavy atom. The molecule has 0 atom stereocenters. The van der Waals surface area contributed by atoms with E-state index in [-0.39, 0.29) is 5.78 Å². The minimum Gasteiger partial charge on any atom is -0.389 e. The topological polar surface area (TPSA) is 40.5 Å². The Hall–Kier alpha value is -1.19. The summed E-state index contributed by atoms with van der Waals surface area (Å²) < 4.78 is 0. The van der Waals surface area contributed by atoms with E-state index in [2.05, 4.69) is 0 Å². The van der Waals surface area contributed by atoms with Crippen LogP contribution >= 0.6 is 0 Å². The van der Waals surface area contributed by atoms with Gasteiger partial charge in [-0.3, -0.25) is 9.69 Å². The van der Waals surface area contributed by atoms with Gasteiger partial charge in [-0.05, 0) is 33.4 Å². The van der Waals surface area contributed by atoms with Crippen LogP contribution in [0.15, 0.2) is 24.3 Å². The zero-order valence-electron chi connectivity index (χ0n) is 11.7. The summed E-state index contributed by atoms with van der Waals surface area (Å²) in [4.78, 5) is 14.1. The molecule has 0 heterocycles. The number of benzene rings is 1. The van der Waals surface area contributed by atoms with E-state index in [1.165, 1.54) is 0 Å². The van der Waals surface area contributed by atoms with Crippen molar-refractivity contribution in [2.24, 2.45) is 0 Å². The molecule has 0 radical (unpaired) electrons. The molecule has 0 aliphatic carbocycles. The van der Waals surface area contributed by atoms with Crippen molar-refractivity contribution in [1.29, 1.82) is 0 Å². The van der Waals surface area contributed by atoms with Crippen molar-refractivity contribution in [1.82, 2.24) is 4.90 Å². The lowest BCUT2D eigenvalue weighted by molar-refractivity contribution is 0.0376. The molecule has 100 valence electrons. The molecule has 0 fully saturated rings. The maximum atomic E-state index is 12.1. The van der Waals surface area contributed by atoms with E-state index < -0.39 is 5.60 Å². The molecule has 0 aliphatic heterocycles. The molecule has 0 spiro atoms. The van der Waals surface area contributed by atoms with Crippen LogP contribution in [0, 0.1) is 6.92 Å². The van der Waals surface area contributed by atoms with E-state index in [1.807, 2.05) is 43.0 Å². The summed E-state index contributed by atoms with van der Waals surface area (Å²) in [6.07, 6.45) is 0. The third-order valence-corrected chi connectivity index (χ3v) is 2.77. The second-order valence-corrected chi connectivity index (χ2v) is 5.41. The first-order valence-corrected chi connectivity index (χ1v) is 6.36. The molecule has 0 aromatic heterocycles. The predicted molar refractivity (Wildman–Crippen MR) is 73.9 cm³/mol. The van der Waals surface area contributed by atoms with Crippen LogP contribution in [-0.4, -0.2) is 41.0 Å². The smallest absolute Gasteiger partial charge is 0.176 e. The number of Topliss-reactive ketones (excluding diaryl/α,β-unsaturated/α-hetero) is 1. The van der Waals surface area contributed by atoms with Gasteiger partial charge in [0.05, 0.1) is 12.1 Å². The van der Waals surface area contributed by atoms with E-state index in [0.717, 1.165) is 17.7 Å². The molecule has 1 N–H and O–H groups in total. The van der Waals surface area contributed by atoms with Crippen LogP contribution in [0.2, 0.25) is 0 Å². The quantitative estimate of drug-likeness (QED) is 0.786. The van der Waals surface area contributed by atoms with E-state index in [1.54, 1.807) is 13.8 Å². The fourth-order valence-electron chi connectivity index (χ4n) is 1.94. The third kappa shape index (κ3) is 4.98. The number of carbonyl (C=O) groups is 1. The lowest BCUT2D eigenvalue weighted by atomic mass is 10.1. The Bertz CT molecular complexity index is 407. The largest absolute Gasteiger partial charge is 0.389 e. The van der Waals surface area contributed by atoms with Gasteiger partial charge in [-0.1, -0.05) is 30.7 Å². The van der Waals surface area contributed by atoms with Crippen molar-refractivity contribution in [3.05, 3.63) is 35.4 Å². The fourth-order valence-corrected chi connectivity index (χ4v) is 1.94. The maximum Gasteiger partial charge on any atom is 0.176 e. The van der Waals surface area contributed by atoms with Gasteiger partial charge in [-0.15, -0.1) is 0 Å². The fraction of sp³-hybridized carbons (Fsp3) is 0.533. The third-order valence-electron chi connectivity index (χ3n) is 2.77. The molecule has 0 unspecified atom stereocenters. The van der Waals surface area contributed by atoms with Gasteiger partial charge >= 0.3 is 0 Å². The number of hydrogen-bond acceptors (Lipinski definition) is 3. The van der Waals surface area contributed by atoms with Crippen LogP contribution in [0.4, 0.5) is 0 Å². The Balaban J connectivity index is 2.68. The van der Waals surface area contributed by atoms with Gasteiger partial charge < -0.3 is 5.11 Å². The van der Waals surface area contributed by atoms with Crippen molar-refractivity contribution in [3.63, 3.8) is 0 Å².